The number of carboxylic acids is 1. The van der Waals surface area contributed by atoms with Crippen LogP contribution in [0.15, 0.2) is 30.5 Å². The molecule has 2 heterocycles. The predicted octanol–water partition coefficient (Wildman–Crippen LogP) is 2.46. The van der Waals surface area contributed by atoms with Crippen LogP contribution in [0.2, 0.25) is 0 Å². The zero-order chi connectivity index (χ0) is 20.3. The zero-order valence-electron chi connectivity index (χ0n) is 15.8. The second-order valence-corrected chi connectivity index (χ2v) is 7.08. The Morgan fingerprint density at radius 2 is 2.11 bits per heavy atom. The fraction of sp³-hybridized carbons (Fsp3) is 0.500. The van der Waals surface area contributed by atoms with Crippen molar-refractivity contribution in [1.29, 1.82) is 0 Å². The summed E-state index contributed by atoms with van der Waals surface area (Å²) in [6.45, 7) is 3.48. The Kier molecular flexibility index (Phi) is 6.33. The molecule has 0 aliphatic carbocycles. The van der Waals surface area contributed by atoms with E-state index in [1.54, 1.807) is 20.0 Å². The van der Waals surface area contributed by atoms with Crippen LogP contribution in [0, 0.1) is 0 Å². The van der Waals surface area contributed by atoms with E-state index in [9.17, 15) is 14.7 Å². The number of fused-ring (bicyclic) bond motifs is 1. The second-order valence-electron chi connectivity index (χ2n) is 7.08. The number of para-hydroxylation sites is 1. The van der Waals surface area contributed by atoms with Crippen LogP contribution >= 0.6 is 0 Å². The smallest absolute Gasteiger partial charge is 0.340 e. The lowest BCUT2D eigenvalue weighted by Crippen LogP contribution is -2.49. The third-order valence-corrected chi connectivity index (χ3v) is 4.86. The van der Waals surface area contributed by atoms with E-state index in [1.165, 1.54) is 0 Å². The first-order valence-electron chi connectivity index (χ1n) is 9.33. The lowest BCUT2D eigenvalue weighted by Gasteiger charge is -2.38. The number of hydrogen-bond acceptors (Lipinski definition) is 6. The molecule has 152 valence electrons. The van der Waals surface area contributed by atoms with Gasteiger partial charge in [0.2, 0.25) is 0 Å². The van der Waals surface area contributed by atoms with E-state index in [1.807, 2.05) is 24.3 Å². The van der Waals surface area contributed by atoms with Gasteiger partial charge in [0.05, 0.1) is 17.8 Å². The maximum Gasteiger partial charge on any atom is 0.340 e. The molecular formula is C20H25NO7. The molecule has 0 amide bonds. The number of aliphatic carboxylic acids is 1. The number of H-pyrrole nitrogens is 1. The SMILES string of the molecule is CC1O[C@@H](O[C@H](C)CCC(=O)O)[C@@H](O)C[C@H]1OC(=O)c1c[nH]c2ccccc12. The summed E-state index contributed by atoms with van der Waals surface area (Å²) in [5.41, 5.74) is 1.27. The maximum absolute atomic E-state index is 12.6. The van der Waals surface area contributed by atoms with Gasteiger partial charge in [0, 0.05) is 29.9 Å². The molecule has 1 aromatic heterocycles. The number of nitrogens with one attached hydrogen (secondary N) is 1. The van der Waals surface area contributed by atoms with Gasteiger partial charge in [0.1, 0.15) is 12.2 Å². The molecule has 1 saturated heterocycles. The topological polar surface area (TPSA) is 118 Å². The molecule has 1 aromatic carbocycles. The number of carbonyl (C=O) groups is 2. The Morgan fingerprint density at radius 1 is 1.36 bits per heavy atom. The molecular weight excluding hydrogens is 366 g/mol. The van der Waals surface area contributed by atoms with Gasteiger partial charge >= 0.3 is 11.9 Å². The summed E-state index contributed by atoms with van der Waals surface area (Å²) >= 11 is 0. The number of aromatic nitrogens is 1. The minimum Gasteiger partial charge on any atom is -0.481 e. The summed E-state index contributed by atoms with van der Waals surface area (Å²) in [6, 6.07) is 7.42. The van der Waals surface area contributed by atoms with E-state index in [-0.39, 0.29) is 18.9 Å². The highest BCUT2D eigenvalue weighted by atomic mass is 16.7. The molecule has 1 aliphatic heterocycles. The highest BCUT2D eigenvalue weighted by Gasteiger charge is 2.38. The zero-order valence-corrected chi connectivity index (χ0v) is 15.8. The van der Waals surface area contributed by atoms with Gasteiger partial charge in [-0.1, -0.05) is 18.2 Å². The maximum atomic E-state index is 12.6. The standard InChI is InChI=1S/C20H25NO7/c1-11(7-8-18(23)24)26-20-16(22)9-17(12(2)27-20)28-19(25)14-10-21-15-6-4-3-5-13(14)15/h3-6,10-12,16-17,20-22H,7-9H2,1-2H3,(H,23,24)/t11-,12?,16+,17-,20-/m1/s1. The number of hydrogen-bond donors (Lipinski definition) is 3. The number of esters is 1. The molecule has 3 N–H and O–H groups in total. The average molecular weight is 391 g/mol. The fourth-order valence-electron chi connectivity index (χ4n) is 3.26. The summed E-state index contributed by atoms with van der Waals surface area (Å²) in [6.07, 6.45) is -1.28. The van der Waals surface area contributed by atoms with Gasteiger partial charge in [0.25, 0.3) is 0 Å². The van der Waals surface area contributed by atoms with E-state index in [0.29, 0.717) is 12.0 Å². The van der Waals surface area contributed by atoms with Crippen LogP contribution in [0.5, 0.6) is 0 Å². The second kappa shape index (κ2) is 8.72. The number of ether oxygens (including phenoxy) is 3. The average Bonchev–Trinajstić information content (AvgIpc) is 3.08. The molecule has 0 spiro atoms. The number of carbonyl (C=O) groups excluding carboxylic acids is 1. The molecule has 8 nitrogen and oxygen atoms in total. The molecule has 0 bridgehead atoms. The molecule has 3 rings (SSSR count). The van der Waals surface area contributed by atoms with Gasteiger partial charge in [-0.2, -0.15) is 0 Å². The fourth-order valence-corrected chi connectivity index (χ4v) is 3.26. The molecule has 1 fully saturated rings. The summed E-state index contributed by atoms with van der Waals surface area (Å²) in [4.78, 5) is 26.3. The number of benzene rings is 1. The van der Waals surface area contributed by atoms with E-state index < -0.39 is 36.5 Å². The number of rotatable bonds is 7. The Hall–Kier alpha value is -2.42. The lowest BCUT2D eigenvalue weighted by molar-refractivity contribution is -0.273. The molecule has 5 atom stereocenters. The van der Waals surface area contributed by atoms with Crippen molar-refractivity contribution < 1.29 is 34.0 Å². The molecule has 0 radical (unpaired) electrons. The van der Waals surface area contributed by atoms with E-state index in [2.05, 4.69) is 4.98 Å². The van der Waals surface area contributed by atoms with E-state index in [4.69, 9.17) is 19.3 Å². The van der Waals surface area contributed by atoms with Crippen LogP contribution in [0.3, 0.4) is 0 Å². The number of aliphatic hydroxyl groups is 1. The highest BCUT2D eigenvalue weighted by molar-refractivity contribution is 6.04. The van der Waals surface area contributed by atoms with Crippen LogP contribution in [0.4, 0.5) is 0 Å². The monoisotopic (exact) mass is 391 g/mol. The van der Waals surface area contributed by atoms with Gasteiger partial charge in [-0.25, -0.2) is 4.79 Å². The van der Waals surface area contributed by atoms with Gasteiger partial charge in [-0.05, 0) is 26.3 Å². The number of aromatic amines is 1. The van der Waals surface area contributed by atoms with Crippen molar-refractivity contribution in [2.75, 3.05) is 0 Å². The van der Waals surface area contributed by atoms with E-state index >= 15 is 0 Å². The minimum atomic E-state index is -0.982. The number of carboxylic acid groups (broad SMARTS) is 1. The highest BCUT2D eigenvalue weighted by Crippen LogP contribution is 2.27. The third kappa shape index (κ3) is 4.70. The quantitative estimate of drug-likeness (QED) is 0.621. The van der Waals surface area contributed by atoms with Gasteiger partial charge < -0.3 is 29.4 Å². The molecule has 28 heavy (non-hydrogen) atoms. The van der Waals surface area contributed by atoms with Gasteiger partial charge in [-0.3, -0.25) is 4.79 Å². The molecule has 0 saturated carbocycles. The Bertz CT molecular complexity index is 833. The first-order chi connectivity index (χ1) is 13.3. The Labute approximate surface area is 162 Å². The molecule has 2 aromatic rings. The van der Waals surface area contributed by atoms with Crippen molar-refractivity contribution in [3.8, 4) is 0 Å². The van der Waals surface area contributed by atoms with Crippen molar-refractivity contribution in [1.82, 2.24) is 4.98 Å². The number of aliphatic hydroxyl groups excluding tert-OH is 1. The first-order valence-corrected chi connectivity index (χ1v) is 9.33. The molecule has 1 aliphatic rings. The van der Waals surface area contributed by atoms with Crippen molar-refractivity contribution in [3.05, 3.63) is 36.0 Å². The lowest BCUT2D eigenvalue weighted by atomic mass is 10.0. The van der Waals surface area contributed by atoms with Crippen LogP contribution in [-0.4, -0.2) is 57.8 Å². The summed E-state index contributed by atoms with van der Waals surface area (Å²) < 4.78 is 16.9. The van der Waals surface area contributed by atoms with Crippen molar-refractivity contribution in [3.63, 3.8) is 0 Å². The molecule has 1 unspecified atom stereocenters. The normalized spacial score (nSPS) is 26.1. The Balaban J connectivity index is 1.58. The predicted molar refractivity (Wildman–Crippen MR) is 99.9 cm³/mol. The minimum absolute atomic E-state index is 0.0234. The molecule has 8 heteroatoms. The van der Waals surface area contributed by atoms with Crippen LogP contribution in [0.1, 0.15) is 43.5 Å². The Morgan fingerprint density at radius 3 is 2.86 bits per heavy atom. The largest absolute Gasteiger partial charge is 0.481 e. The summed E-state index contributed by atoms with van der Waals surface area (Å²) in [7, 11) is 0. The first kappa shape index (κ1) is 20.3. The van der Waals surface area contributed by atoms with Gasteiger partial charge in [0.15, 0.2) is 6.29 Å². The van der Waals surface area contributed by atoms with Crippen molar-refractivity contribution in [2.24, 2.45) is 0 Å². The summed E-state index contributed by atoms with van der Waals surface area (Å²) in [5.74, 6) is -1.39. The van der Waals surface area contributed by atoms with Crippen LogP contribution < -0.4 is 0 Å². The van der Waals surface area contributed by atoms with E-state index in [0.717, 1.165) is 10.9 Å². The third-order valence-electron chi connectivity index (χ3n) is 4.86. The summed E-state index contributed by atoms with van der Waals surface area (Å²) in [5, 5.41) is 19.8. The van der Waals surface area contributed by atoms with Crippen LogP contribution in [0.25, 0.3) is 10.9 Å². The van der Waals surface area contributed by atoms with Crippen molar-refractivity contribution >= 4 is 22.8 Å². The van der Waals surface area contributed by atoms with Gasteiger partial charge in [-0.15, -0.1) is 0 Å². The van der Waals surface area contributed by atoms with Crippen molar-refractivity contribution in [2.45, 2.75) is 63.8 Å². The van der Waals surface area contributed by atoms with Crippen LogP contribution in [-0.2, 0) is 19.0 Å².